The Bertz CT molecular complexity index is 564. The first-order valence-corrected chi connectivity index (χ1v) is 7.66. The van der Waals surface area contributed by atoms with Crippen molar-refractivity contribution in [2.75, 3.05) is 23.3 Å². The molecule has 0 fully saturated rings. The highest BCUT2D eigenvalue weighted by atomic mass is 32.1. The van der Waals surface area contributed by atoms with E-state index in [1.807, 2.05) is 12.3 Å². The maximum Gasteiger partial charge on any atom is 0.185 e. The zero-order valence-corrected chi connectivity index (χ0v) is 12.9. The number of benzene rings is 1. The van der Waals surface area contributed by atoms with E-state index >= 15 is 0 Å². The van der Waals surface area contributed by atoms with Gasteiger partial charge in [0.2, 0.25) is 0 Å². The Kier molecular flexibility index (Phi) is 4.95. The Labute approximate surface area is 123 Å². The summed E-state index contributed by atoms with van der Waals surface area (Å²) in [6.07, 6.45) is 1.89. The number of anilines is 2. The van der Waals surface area contributed by atoms with Gasteiger partial charge < -0.3 is 10.2 Å². The molecule has 0 amide bonds. The lowest BCUT2D eigenvalue weighted by Crippen LogP contribution is -2.21. The summed E-state index contributed by atoms with van der Waals surface area (Å²) in [5, 5.41) is 4.31. The summed E-state index contributed by atoms with van der Waals surface area (Å²) in [6.45, 7) is 8.62. The Morgan fingerprint density at radius 1 is 1.30 bits per heavy atom. The fourth-order valence-electron chi connectivity index (χ4n) is 2.00. The number of thiazole rings is 1. The summed E-state index contributed by atoms with van der Waals surface area (Å²) in [6, 6.07) is 5.09. The van der Waals surface area contributed by atoms with Gasteiger partial charge in [-0.05, 0) is 32.9 Å². The molecule has 0 unspecified atom stereocenters. The van der Waals surface area contributed by atoms with E-state index in [1.54, 1.807) is 24.3 Å². The normalized spacial score (nSPS) is 10.6. The molecule has 1 aromatic heterocycles. The second kappa shape index (κ2) is 6.70. The van der Waals surface area contributed by atoms with Gasteiger partial charge in [0.1, 0.15) is 5.82 Å². The standard InChI is InChI=1S/C15H20FN3S/c1-4-19(5-2)15-18-10-12(20-15)9-17-14-8-6-7-13(16)11(14)3/h6-8,10,17H,4-5,9H2,1-3H3. The summed E-state index contributed by atoms with van der Waals surface area (Å²) < 4.78 is 13.5. The van der Waals surface area contributed by atoms with Crippen molar-refractivity contribution in [3.05, 3.63) is 40.7 Å². The Hall–Kier alpha value is -1.62. The minimum atomic E-state index is -0.178. The van der Waals surface area contributed by atoms with Crippen LogP contribution in [0.1, 0.15) is 24.3 Å². The highest BCUT2D eigenvalue weighted by molar-refractivity contribution is 7.15. The van der Waals surface area contributed by atoms with Gasteiger partial charge in [-0.25, -0.2) is 9.37 Å². The molecule has 0 saturated carbocycles. The molecule has 0 aliphatic rings. The van der Waals surface area contributed by atoms with Crippen molar-refractivity contribution < 1.29 is 4.39 Å². The molecule has 20 heavy (non-hydrogen) atoms. The van der Waals surface area contributed by atoms with Crippen LogP contribution in [0.5, 0.6) is 0 Å². The van der Waals surface area contributed by atoms with Gasteiger partial charge in [0.15, 0.2) is 5.13 Å². The van der Waals surface area contributed by atoms with Crippen LogP contribution < -0.4 is 10.2 Å². The van der Waals surface area contributed by atoms with E-state index in [2.05, 4.69) is 29.0 Å². The van der Waals surface area contributed by atoms with Gasteiger partial charge in [-0.2, -0.15) is 0 Å². The molecular formula is C15H20FN3S. The molecule has 0 radical (unpaired) electrons. The first-order chi connectivity index (χ1) is 9.65. The molecule has 0 aliphatic carbocycles. The number of hydrogen-bond acceptors (Lipinski definition) is 4. The fraction of sp³-hybridized carbons (Fsp3) is 0.400. The molecule has 108 valence electrons. The number of hydrogen-bond donors (Lipinski definition) is 1. The van der Waals surface area contributed by atoms with Crippen LogP contribution in [-0.2, 0) is 6.54 Å². The van der Waals surface area contributed by atoms with Crippen molar-refractivity contribution in [1.82, 2.24) is 4.98 Å². The average Bonchev–Trinajstić information content (AvgIpc) is 2.91. The SMILES string of the molecule is CCN(CC)c1ncc(CNc2cccc(F)c2C)s1. The molecule has 0 spiro atoms. The molecule has 0 atom stereocenters. The van der Waals surface area contributed by atoms with Crippen LogP contribution in [-0.4, -0.2) is 18.1 Å². The third-order valence-electron chi connectivity index (χ3n) is 3.30. The van der Waals surface area contributed by atoms with Gasteiger partial charge in [0, 0.05) is 35.4 Å². The summed E-state index contributed by atoms with van der Waals surface area (Å²) in [7, 11) is 0. The van der Waals surface area contributed by atoms with Crippen molar-refractivity contribution >= 4 is 22.2 Å². The van der Waals surface area contributed by atoms with Gasteiger partial charge in [-0.1, -0.05) is 6.07 Å². The van der Waals surface area contributed by atoms with Gasteiger partial charge in [-0.3, -0.25) is 0 Å². The van der Waals surface area contributed by atoms with Gasteiger partial charge >= 0.3 is 0 Å². The van der Waals surface area contributed by atoms with Crippen LogP contribution in [0, 0.1) is 12.7 Å². The molecule has 0 saturated heterocycles. The first-order valence-electron chi connectivity index (χ1n) is 6.84. The molecule has 3 nitrogen and oxygen atoms in total. The summed E-state index contributed by atoms with van der Waals surface area (Å²) in [5.41, 5.74) is 1.49. The van der Waals surface area contributed by atoms with Gasteiger partial charge in [-0.15, -0.1) is 11.3 Å². The number of halogens is 1. The zero-order valence-electron chi connectivity index (χ0n) is 12.1. The molecule has 0 bridgehead atoms. The van der Waals surface area contributed by atoms with E-state index in [-0.39, 0.29) is 5.82 Å². The molecule has 2 rings (SSSR count). The quantitative estimate of drug-likeness (QED) is 0.871. The second-order valence-corrected chi connectivity index (χ2v) is 5.64. The van der Waals surface area contributed by atoms with Crippen molar-refractivity contribution in [2.24, 2.45) is 0 Å². The third-order valence-corrected chi connectivity index (χ3v) is 4.35. The van der Waals surface area contributed by atoms with Crippen LogP contribution in [0.4, 0.5) is 15.2 Å². The predicted octanol–water partition coefficient (Wildman–Crippen LogP) is 4.05. The largest absolute Gasteiger partial charge is 0.380 e. The van der Waals surface area contributed by atoms with Crippen molar-refractivity contribution in [3.8, 4) is 0 Å². The van der Waals surface area contributed by atoms with E-state index in [4.69, 9.17) is 0 Å². The first kappa shape index (κ1) is 14.8. The monoisotopic (exact) mass is 293 g/mol. The zero-order chi connectivity index (χ0) is 14.5. The molecule has 1 N–H and O–H groups in total. The van der Waals surface area contributed by atoms with E-state index < -0.39 is 0 Å². The lowest BCUT2D eigenvalue weighted by atomic mass is 10.2. The molecule has 1 aromatic carbocycles. The maximum absolute atomic E-state index is 13.5. The summed E-state index contributed by atoms with van der Waals surface area (Å²) >= 11 is 1.68. The van der Waals surface area contributed by atoms with E-state index in [0.717, 1.165) is 28.8 Å². The van der Waals surface area contributed by atoms with Crippen LogP contribution in [0.15, 0.2) is 24.4 Å². The van der Waals surface area contributed by atoms with Gasteiger partial charge in [0.25, 0.3) is 0 Å². The van der Waals surface area contributed by atoms with Gasteiger partial charge in [0.05, 0.1) is 6.54 Å². The Balaban J connectivity index is 2.03. The van der Waals surface area contributed by atoms with E-state index in [0.29, 0.717) is 12.1 Å². The Morgan fingerprint density at radius 3 is 2.75 bits per heavy atom. The fourth-order valence-corrected chi connectivity index (χ4v) is 2.98. The molecular weight excluding hydrogens is 273 g/mol. The van der Waals surface area contributed by atoms with Crippen molar-refractivity contribution in [3.63, 3.8) is 0 Å². The molecule has 1 heterocycles. The number of aromatic nitrogens is 1. The third kappa shape index (κ3) is 3.28. The van der Waals surface area contributed by atoms with Crippen LogP contribution in [0.3, 0.4) is 0 Å². The topological polar surface area (TPSA) is 28.2 Å². The van der Waals surface area contributed by atoms with Crippen LogP contribution in [0.25, 0.3) is 0 Å². The minimum Gasteiger partial charge on any atom is -0.380 e. The maximum atomic E-state index is 13.5. The minimum absolute atomic E-state index is 0.178. The lowest BCUT2D eigenvalue weighted by Gasteiger charge is -2.16. The van der Waals surface area contributed by atoms with Crippen molar-refractivity contribution in [2.45, 2.75) is 27.3 Å². The highest BCUT2D eigenvalue weighted by Crippen LogP contribution is 2.24. The Morgan fingerprint density at radius 2 is 2.05 bits per heavy atom. The van der Waals surface area contributed by atoms with E-state index in [1.165, 1.54) is 6.07 Å². The molecule has 5 heteroatoms. The number of rotatable bonds is 6. The van der Waals surface area contributed by atoms with Crippen molar-refractivity contribution in [1.29, 1.82) is 0 Å². The average molecular weight is 293 g/mol. The molecule has 0 aliphatic heterocycles. The molecule has 2 aromatic rings. The van der Waals surface area contributed by atoms with Crippen LogP contribution >= 0.6 is 11.3 Å². The predicted molar refractivity (Wildman–Crippen MR) is 84.1 cm³/mol. The van der Waals surface area contributed by atoms with Crippen LogP contribution in [0.2, 0.25) is 0 Å². The number of nitrogens with one attached hydrogen (secondary N) is 1. The number of nitrogens with zero attached hydrogens (tertiary/aromatic N) is 2. The second-order valence-electron chi connectivity index (χ2n) is 4.55. The summed E-state index contributed by atoms with van der Waals surface area (Å²) in [5.74, 6) is -0.178. The lowest BCUT2D eigenvalue weighted by molar-refractivity contribution is 0.619. The highest BCUT2D eigenvalue weighted by Gasteiger charge is 2.08. The van der Waals surface area contributed by atoms with E-state index in [9.17, 15) is 4.39 Å². The smallest absolute Gasteiger partial charge is 0.185 e. The summed E-state index contributed by atoms with van der Waals surface area (Å²) in [4.78, 5) is 7.81.